The Morgan fingerprint density at radius 2 is 2.00 bits per heavy atom. The number of hydrogen-bond donors (Lipinski definition) is 1. The van der Waals surface area contributed by atoms with Crippen molar-refractivity contribution >= 4 is 12.0 Å². The van der Waals surface area contributed by atoms with Crippen LogP contribution in [0.2, 0.25) is 0 Å². The Hall–Kier alpha value is -1.65. The molecule has 2 unspecified atom stereocenters. The third kappa shape index (κ3) is 3.96. The molecule has 3 heterocycles. The summed E-state index contributed by atoms with van der Waals surface area (Å²) in [4.78, 5) is 17.1. The van der Waals surface area contributed by atoms with Crippen LogP contribution in [0.1, 0.15) is 30.4 Å². The molecule has 4 nitrogen and oxygen atoms in total. The molecule has 3 saturated heterocycles. The van der Waals surface area contributed by atoms with E-state index in [9.17, 15) is 4.79 Å². The fourth-order valence-electron chi connectivity index (χ4n) is 4.38. The molecular weight excluding hydrogens is 310 g/mol. The number of nitrogens with one attached hydrogen (secondary N) is 1. The van der Waals surface area contributed by atoms with Crippen LogP contribution in [-0.4, -0.2) is 60.5 Å². The predicted molar refractivity (Wildman–Crippen MR) is 101 cm³/mol. The molecule has 0 spiro atoms. The minimum Gasteiger partial charge on any atom is -0.342 e. The molecule has 3 fully saturated rings. The number of likely N-dealkylation sites (tertiary alicyclic amines) is 2. The largest absolute Gasteiger partial charge is 0.342 e. The Morgan fingerprint density at radius 3 is 2.64 bits per heavy atom. The number of allylic oxidation sites excluding steroid dienone is 1. The number of amides is 1. The molecule has 1 amide bonds. The monoisotopic (exact) mass is 339 g/mol. The maximum absolute atomic E-state index is 12.6. The van der Waals surface area contributed by atoms with E-state index in [4.69, 9.17) is 0 Å². The molecule has 3 aliphatic rings. The van der Waals surface area contributed by atoms with E-state index in [2.05, 4.69) is 58.5 Å². The molecular formula is C21H29N3O. The van der Waals surface area contributed by atoms with Crippen molar-refractivity contribution in [2.24, 2.45) is 5.92 Å². The lowest BCUT2D eigenvalue weighted by molar-refractivity contribution is -0.133. The van der Waals surface area contributed by atoms with Crippen molar-refractivity contribution in [1.29, 1.82) is 0 Å². The second kappa shape index (κ2) is 7.30. The first-order chi connectivity index (χ1) is 12.2. The molecule has 134 valence electrons. The Kier molecular flexibility index (Phi) is 4.91. The smallest absolute Gasteiger partial charge is 0.236 e. The number of fused-ring (bicyclic) bond motifs is 2. The highest BCUT2D eigenvalue weighted by molar-refractivity contribution is 5.78. The van der Waals surface area contributed by atoms with E-state index in [1.807, 2.05) is 0 Å². The summed E-state index contributed by atoms with van der Waals surface area (Å²) in [5, 5.41) is 3.50. The summed E-state index contributed by atoms with van der Waals surface area (Å²) in [7, 11) is 0. The van der Waals surface area contributed by atoms with Gasteiger partial charge in [-0.25, -0.2) is 0 Å². The van der Waals surface area contributed by atoms with Gasteiger partial charge in [0.1, 0.15) is 0 Å². The second-order valence-electron chi connectivity index (χ2n) is 7.91. The Bertz CT molecular complexity index is 631. The van der Waals surface area contributed by atoms with Crippen LogP contribution in [0.5, 0.6) is 0 Å². The molecule has 1 aromatic carbocycles. The SMILES string of the molecule is Cc1ccc(C=CC2CCN(C(=O)CN3CC4CC3CN4)CC2)cc1. The zero-order valence-electron chi connectivity index (χ0n) is 15.2. The lowest BCUT2D eigenvalue weighted by Gasteiger charge is -2.34. The van der Waals surface area contributed by atoms with Gasteiger partial charge in [-0.3, -0.25) is 9.69 Å². The minimum atomic E-state index is 0.327. The number of hydrogen-bond acceptors (Lipinski definition) is 3. The van der Waals surface area contributed by atoms with Crippen LogP contribution in [0, 0.1) is 12.8 Å². The maximum Gasteiger partial charge on any atom is 0.236 e. The summed E-state index contributed by atoms with van der Waals surface area (Å²) in [6, 6.07) is 9.86. The van der Waals surface area contributed by atoms with E-state index in [0.717, 1.165) is 39.0 Å². The molecule has 0 saturated carbocycles. The fraction of sp³-hybridized carbons (Fsp3) is 0.571. The molecule has 3 aliphatic heterocycles. The third-order valence-corrected chi connectivity index (χ3v) is 6.04. The topological polar surface area (TPSA) is 35.6 Å². The number of carbonyl (C=O) groups is 1. The highest BCUT2D eigenvalue weighted by Gasteiger charge is 2.38. The van der Waals surface area contributed by atoms with Crippen molar-refractivity contribution < 1.29 is 4.79 Å². The number of rotatable bonds is 4. The average molecular weight is 339 g/mol. The molecule has 0 aromatic heterocycles. The van der Waals surface area contributed by atoms with E-state index < -0.39 is 0 Å². The predicted octanol–water partition coefficient (Wildman–Crippen LogP) is 2.29. The molecule has 2 bridgehead atoms. The number of aryl methyl sites for hydroxylation is 1. The van der Waals surface area contributed by atoms with Crippen molar-refractivity contribution in [3.05, 3.63) is 41.5 Å². The Morgan fingerprint density at radius 1 is 1.24 bits per heavy atom. The first-order valence-electron chi connectivity index (χ1n) is 9.67. The van der Waals surface area contributed by atoms with Gasteiger partial charge in [0, 0.05) is 38.3 Å². The normalized spacial score (nSPS) is 27.5. The minimum absolute atomic E-state index is 0.327. The van der Waals surface area contributed by atoms with Gasteiger partial charge < -0.3 is 10.2 Å². The summed E-state index contributed by atoms with van der Waals surface area (Å²) in [6.45, 7) is 6.65. The van der Waals surface area contributed by atoms with Gasteiger partial charge in [-0.1, -0.05) is 42.0 Å². The zero-order valence-corrected chi connectivity index (χ0v) is 15.2. The van der Waals surface area contributed by atoms with Gasteiger partial charge in [-0.2, -0.15) is 0 Å². The van der Waals surface area contributed by atoms with Crippen molar-refractivity contribution in [2.45, 2.75) is 38.3 Å². The van der Waals surface area contributed by atoms with Gasteiger partial charge in [0.25, 0.3) is 0 Å². The summed E-state index contributed by atoms with van der Waals surface area (Å²) in [6.07, 6.45) is 7.95. The summed E-state index contributed by atoms with van der Waals surface area (Å²) >= 11 is 0. The lowest BCUT2D eigenvalue weighted by atomic mass is 9.95. The quantitative estimate of drug-likeness (QED) is 0.914. The van der Waals surface area contributed by atoms with Gasteiger partial charge in [0.15, 0.2) is 0 Å². The number of nitrogens with zero attached hydrogens (tertiary/aromatic N) is 2. The number of piperidine rings is 1. The third-order valence-electron chi connectivity index (χ3n) is 6.04. The highest BCUT2D eigenvalue weighted by atomic mass is 16.2. The van der Waals surface area contributed by atoms with Crippen molar-refractivity contribution in [2.75, 3.05) is 32.7 Å². The molecule has 1 N–H and O–H groups in total. The van der Waals surface area contributed by atoms with Crippen molar-refractivity contribution in [3.63, 3.8) is 0 Å². The van der Waals surface area contributed by atoms with Crippen molar-refractivity contribution in [1.82, 2.24) is 15.1 Å². The molecule has 0 radical (unpaired) electrons. The molecule has 1 aromatic rings. The first-order valence-corrected chi connectivity index (χ1v) is 9.67. The van der Waals surface area contributed by atoms with Gasteiger partial charge >= 0.3 is 0 Å². The van der Waals surface area contributed by atoms with Crippen LogP contribution in [0.4, 0.5) is 0 Å². The fourth-order valence-corrected chi connectivity index (χ4v) is 4.38. The molecule has 0 aliphatic carbocycles. The van der Waals surface area contributed by atoms with Crippen LogP contribution >= 0.6 is 0 Å². The standard InChI is InChI=1S/C21H29N3O/c1-16-2-4-17(5-3-16)6-7-18-8-10-23(11-9-18)21(25)15-24-14-19-12-20(24)13-22-19/h2-7,18-20,22H,8-15H2,1H3. The van der Waals surface area contributed by atoms with Crippen LogP contribution < -0.4 is 5.32 Å². The van der Waals surface area contributed by atoms with Gasteiger partial charge in [0.2, 0.25) is 5.91 Å². The van der Waals surface area contributed by atoms with E-state index in [1.54, 1.807) is 0 Å². The van der Waals surface area contributed by atoms with Crippen LogP contribution in [0.3, 0.4) is 0 Å². The summed E-state index contributed by atoms with van der Waals surface area (Å²) < 4.78 is 0. The van der Waals surface area contributed by atoms with Gasteiger partial charge in [-0.05, 0) is 37.7 Å². The summed E-state index contributed by atoms with van der Waals surface area (Å²) in [5.74, 6) is 0.922. The second-order valence-corrected chi connectivity index (χ2v) is 7.91. The first kappa shape index (κ1) is 16.8. The number of carbonyl (C=O) groups excluding carboxylic acids is 1. The van der Waals surface area contributed by atoms with Gasteiger partial charge in [-0.15, -0.1) is 0 Å². The van der Waals surface area contributed by atoms with Crippen LogP contribution in [0.25, 0.3) is 6.08 Å². The highest BCUT2D eigenvalue weighted by Crippen LogP contribution is 2.24. The Labute approximate surface area is 150 Å². The zero-order chi connectivity index (χ0) is 17.2. The van der Waals surface area contributed by atoms with E-state index in [0.29, 0.717) is 30.5 Å². The molecule has 25 heavy (non-hydrogen) atoms. The summed E-state index contributed by atoms with van der Waals surface area (Å²) in [5.41, 5.74) is 2.56. The molecule has 4 rings (SSSR count). The van der Waals surface area contributed by atoms with Crippen LogP contribution in [-0.2, 0) is 4.79 Å². The average Bonchev–Trinajstić information content (AvgIpc) is 3.25. The number of benzene rings is 1. The van der Waals surface area contributed by atoms with E-state index in [1.165, 1.54) is 17.5 Å². The van der Waals surface area contributed by atoms with Crippen LogP contribution in [0.15, 0.2) is 30.3 Å². The molecule has 2 atom stereocenters. The van der Waals surface area contributed by atoms with E-state index in [-0.39, 0.29) is 0 Å². The Balaban J connectivity index is 1.24. The lowest BCUT2D eigenvalue weighted by Crippen LogP contribution is -2.49. The maximum atomic E-state index is 12.6. The number of piperazine rings is 1. The van der Waals surface area contributed by atoms with Gasteiger partial charge in [0.05, 0.1) is 6.54 Å². The van der Waals surface area contributed by atoms with E-state index >= 15 is 0 Å². The molecule has 4 heteroatoms. The van der Waals surface area contributed by atoms with Crippen molar-refractivity contribution in [3.8, 4) is 0 Å².